The van der Waals surface area contributed by atoms with Gasteiger partial charge in [0.2, 0.25) is 5.91 Å². The predicted molar refractivity (Wildman–Crippen MR) is 70.7 cm³/mol. The Kier molecular flexibility index (Phi) is 5.40. The summed E-state index contributed by atoms with van der Waals surface area (Å²) in [6.07, 6.45) is 4.61. The summed E-state index contributed by atoms with van der Waals surface area (Å²) in [5.74, 6) is 0.673. The van der Waals surface area contributed by atoms with Crippen molar-refractivity contribution in [2.24, 2.45) is 11.7 Å². The number of nitrogens with one attached hydrogen (secondary N) is 1. The van der Waals surface area contributed by atoms with E-state index in [1.165, 1.54) is 19.4 Å². The molecule has 17 heavy (non-hydrogen) atoms. The molecule has 0 radical (unpaired) electrons. The molecule has 1 fully saturated rings. The van der Waals surface area contributed by atoms with Gasteiger partial charge in [0.15, 0.2) is 0 Å². The number of carbonyl (C=O) groups excluding carboxylic acids is 1. The Bertz CT molecular complexity index is 253. The lowest BCUT2D eigenvalue weighted by molar-refractivity contribution is -0.123. The lowest BCUT2D eigenvalue weighted by Gasteiger charge is -2.27. The van der Waals surface area contributed by atoms with Gasteiger partial charge in [0.25, 0.3) is 0 Å². The fourth-order valence-electron chi connectivity index (χ4n) is 2.07. The highest BCUT2D eigenvalue weighted by Gasteiger charge is 2.29. The Morgan fingerprint density at radius 3 is 2.59 bits per heavy atom. The highest BCUT2D eigenvalue weighted by atomic mass is 16.1. The standard InChI is InChI=1S/C13H27N3O/c1-4-16(10-11-6-7-11)9-5-8-13(2,15-3)12(14)17/h11,15H,4-10H2,1-3H3,(H2,14,17). The van der Waals surface area contributed by atoms with Gasteiger partial charge in [-0.15, -0.1) is 0 Å². The summed E-state index contributed by atoms with van der Waals surface area (Å²) >= 11 is 0. The van der Waals surface area contributed by atoms with Crippen LogP contribution in [0.15, 0.2) is 0 Å². The highest BCUT2D eigenvalue weighted by Crippen LogP contribution is 2.29. The van der Waals surface area contributed by atoms with Gasteiger partial charge in [0, 0.05) is 6.54 Å². The molecule has 1 aliphatic rings. The van der Waals surface area contributed by atoms with Crippen molar-refractivity contribution in [1.82, 2.24) is 10.2 Å². The molecule has 1 rings (SSSR count). The zero-order chi connectivity index (χ0) is 12.9. The van der Waals surface area contributed by atoms with Gasteiger partial charge in [-0.25, -0.2) is 0 Å². The first-order chi connectivity index (χ1) is 8.01. The van der Waals surface area contributed by atoms with Crippen molar-refractivity contribution in [3.8, 4) is 0 Å². The molecular formula is C13H27N3O. The molecule has 1 amide bonds. The molecular weight excluding hydrogens is 214 g/mol. The van der Waals surface area contributed by atoms with Crippen LogP contribution in [-0.4, -0.2) is 43.0 Å². The molecule has 1 saturated carbocycles. The fourth-order valence-corrected chi connectivity index (χ4v) is 2.07. The molecule has 1 atom stereocenters. The maximum absolute atomic E-state index is 11.3. The number of nitrogens with two attached hydrogens (primary N) is 1. The molecule has 0 aromatic carbocycles. The minimum atomic E-state index is -0.557. The maximum atomic E-state index is 11.3. The third-order valence-electron chi connectivity index (χ3n) is 3.91. The lowest BCUT2D eigenvalue weighted by Crippen LogP contribution is -2.51. The largest absolute Gasteiger partial charge is 0.368 e. The van der Waals surface area contributed by atoms with Gasteiger partial charge in [-0.3, -0.25) is 4.79 Å². The van der Waals surface area contributed by atoms with Gasteiger partial charge >= 0.3 is 0 Å². The molecule has 0 aromatic rings. The summed E-state index contributed by atoms with van der Waals surface area (Å²) in [5, 5.41) is 3.03. The number of amides is 1. The van der Waals surface area contributed by atoms with Gasteiger partial charge < -0.3 is 16.0 Å². The second-order valence-corrected chi connectivity index (χ2v) is 5.39. The summed E-state index contributed by atoms with van der Waals surface area (Å²) < 4.78 is 0. The maximum Gasteiger partial charge on any atom is 0.237 e. The molecule has 0 heterocycles. The van der Waals surface area contributed by atoms with E-state index in [2.05, 4.69) is 17.1 Å². The SMILES string of the molecule is CCN(CCCC(C)(NC)C(N)=O)CC1CC1. The van der Waals surface area contributed by atoms with Crippen LogP contribution < -0.4 is 11.1 Å². The van der Waals surface area contributed by atoms with E-state index in [0.717, 1.165) is 31.8 Å². The third-order valence-corrected chi connectivity index (χ3v) is 3.91. The van der Waals surface area contributed by atoms with Crippen LogP contribution in [0, 0.1) is 5.92 Å². The van der Waals surface area contributed by atoms with Crippen molar-refractivity contribution in [1.29, 1.82) is 0 Å². The van der Waals surface area contributed by atoms with Crippen molar-refractivity contribution in [2.45, 2.75) is 45.1 Å². The van der Waals surface area contributed by atoms with Crippen LogP contribution >= 0.6 is 0 Å². The van der Waals surface area contributed by atoms with Crippen molar-refractivity contribution >= 4 is 5.91 Å². The first-order valence-corrected chi connectivity index (χ1v) is 6.73. The third kappa shape index (κ3) is 4.64. The second-order valence-electron chi connectivity index (χ2n) is 5.39. The molecule has 0 spiro atoms. The molecule has 0 bridgehead atoms. The number of carbonyl (C=O) groups is 1. The summed E-state index contributed by atoms with van der Waals surface area (Å²) in [6, 6.07) is 0. The molecule has 3 N–H and O–H groups in total. The Hall–Kier alpha value is -0.610. The van der Waals surface area contributed by atoms with Gasteiger partial charge in [-0.1, -0.05) is 6.92 Å². The first-order valence-electron chi connectivity index (χ1n) is 6.73. The number of hydrogen-bond donors (Lipinski definition) is 2. The van der Waals surface area contributed by atoms with E-state index in [1.54, 1.807) is 7.05 Å². The highest BCUT2D eigenvalue weighted by molar-refractivity contribution is 5.84. The first kappa shape index (κ1) is 14.5. The number of likely N-dealkylation sites (N-methyl/N-ethyl adjacent to an activating group) is 1. The van der Waals surface area contributed by atoms with Crippen LogP contribution in [0.1, 0.15) is 39.5 Å². The Labute approximate surface area is 105 Å². The van der Waals surface area contributed by atoms with Crippen LogP contribution in [0.3, 0.4) is 0 Å². The monoisotopic (exact) mass is 241 g/mol. The van der Waals surface area contributed by atoms with Gasteiger partial charge in [0.1, 0.15) is 0 Å². The normalized spacial score (nSPS) is 19.3. The van der Waals surface area contributed by atoms with Crippen molar-refractivity contribution in [2.75, 3.05) is 26.7 Å². The minimum absolute atomic E-state index is 0.259. The van der Waals surface area contributed by atoms with E-state index >= 15 is 0 Å². The number of primary amides is 1. The smallest absolute Gasteiger partial charge is 0.237 e. The molecule has 1 aliphatic carbocycles. The lowest BCUT2D eigenvalue weighted by atomic mass is 9.95. The predicted octanol–water partition coefficient (Wildman–Crippen LogP) is 0.962. The molecule has 0 aliphatic heterocycles. The van der Waals surface area contributed by atoms with E-state index < -0.39 is 5.54 Å². The van der Waals surface area contributed by atoms with Crippen molar-refractivity contribution in [3.05, 3.63) is 0 Å². The Balaban J connectivity index is 2.26. The van der Waals surface area contributed by atoms with E-state index in [9.17, 15) is 4.79 Å². The molecule has 0 aromatic heterocycles. The van der Waals surface area contributed by atoms with E-state index in [-0.39, 0.29) is 5.91 Å². The minimum Gasteiger partial charge on any atom is -0.368 e. The van der Waals surface area contributed by atoms with Gasteiger partial charge in [0.05, 0.1) is 5.54 Å². The number of hydrogen-bond acceptors (Lipinski definition) is 3. The van der Waals surface area contributed by atoms with Crippen LogP contribution in [0.5, 0.6) is 0 Å². The van der Waals surface area contributed by atoms with Crippen molar-refractivity contribution < 1.29 is 4.79 Å². The quantitative estimate of drug-likeness (QED) is 0.632. The number of rotatable bonds is 9. The van der Waals surface area contributed by atoms with E-state index in [1.807, 2.05) is 6.92 Å². The molecule has 4 nitrogen and oxygen atoms in total. The average molecular weight is 241 g/mol. The second kappa shape index (κ2) is 6.36. The van der Waals surface area contributed by atoms with Crippen LogP contribution in [0.4, 0.5) is 0 Å². The van der Waals surface area contributed by atoms with Crippen LogP contribution in [0.2, 0.25) is 0 Å². The topological polar surface area (TPSA) is 58.4 Å². The zero-order valence-corrected chi connectivity index (χ0v) is 11.5. The summed E-state index contributed by atoms with van der Waals surface area (Å²) in [4.78, 5) is 13.8. The van der Waals surface area contributed by atoms with Crippen molar-refractivity contribution in [3.63, 3.8) is 0 Å². The molecule has 0 saturated heterocycles. The molecule has 4 heteroatoms. The van der Waals surface area contributed by atoms with Crippen LogP contribution in [-0.2, 0) is 4.79 Å². The average Bonchev–Trinajstić information content (AvgIpc) is 3.11. The van der Waals surface area contributed by atoms with Crippen LogP contribution in [0.25, 0.3) is 0 Å². The molecule has 100 valence electrons. The summed E-state index contributed by atoms with van der Waals surface area (Å²) in [6.45, 7) is 7.48. The van der Waals surface area contributed by atoms with Gasteiger partial charge in [-0.05, 0) is 58.7 Å². The van der Waals surface area contributed by atoms with Gasteiger partial charge in [-0.2, -0.15) is 0 Å². The Morgan fingerprint density at radius 2 is 2.18 bits per heavy atom. The van der Waals surface area contributed by atoms with E-state index in [4.69, 9.17) is 5.73 Å². The molecule has 1 unspecified atom stereocenters. The van der Waals surface area contributed by atoms with E-state index in [0.29, 0.717) is 0 Å². The summed E-state index contributed by atoms with van der Waals surface area (Å²) in [5.41, 5.74) is 4.85. The fraction of sp³-hybridized carbons (Fsp3) is 0.923. The number of nitrogens with zero attached hydrogens (tertiary/aromatic N) is 1. The summed E-state index contributed by atoms with van der Waals surface area (Å²) in [7, 11) is 1.80. The Morgan fingerprint density at radius 1 is 1.53 bits per heavy atom. The zero-order valence-electron chi connectivity index (χ0n) is 11.5.